The lowest BCUT2D eigenvalue weighted by Crippen LogP contribution is -2.45. The molecule has 0 aromatic heterocycles. The summed E-state index contributed by atoms with van der Waals surface area (Å²) in [5.41, 5.74) is 7.46. The number of ether oxygens (including phenoxy) is 2. The van der Waals surface area contributed by atoms with Crippen molar-refractivity contribution < 1.29 is 9.47 Å². The number of benzene rings is 1. The normalized spacial score (nSPS) is 24.1. The predicted molar refractivity (Wildman–Crippen MR) is 82.6 cm³/mol. The Labute approximate surface area is 125 Å². The van der Waals surface area contributed by atoms with Crippen molar-refractivity contribution in [1.82, 2.24) is 0 Å². The van der Waals surface area contributed by atoms with Crippen LogP contribution in [0.1, 0.15) is 31.2 Å². The third-order valence-electron chi connectivity index (χ3n) is 4.50. The molecule has 0 unspecified atom stereocenters. The smallest absolute Gasteiger partial charge is 0.168 e. The molecule has 3 nitrogen and oxygen atoms in total. The second-order valence-corrected chi connectivity index (χ2v) is 7.21. The largest absolute Gasteiger partial charge is 0.348 e. The summed E-state index contributed by atoms with van der Waals surface area (Å²) in [6.07, 6.45) is 4.12. The van der Waals surface area contributed by atoms with Gasteiger partial charge in [0.15, 0.2) is 5.79 Å². The number of rotatable bonds is 4. The molecule has 0 atom stereocenters. The van der Waals surface area contributed by atoms with Gasteiger partial charge in [0.2, 0.25) is 0 Å². The van der Waals surface area contributed by atoms with Gasteiger partial charge in [0.25, 0.3) is 0 Å². The SMILES string of the molecule is NCC1(SCc2ccccc2)CCC2(CC1)OCCO2. The Morgan fingerprint density at radius 3 is 2.25 bits per heavy atom. The van der Waals surface area contributed by atoms with Gasteiger partial charge in [-0.3, -0.25) is 0 Å². The van der Waals surface area contributed by atoms with Gasteiger partial charge in [-0.15, -0.1) is 11.8 Å². The van der Waals surface area contributed by atoms with Gasteiger partial charge in [-0.1, -0.05) is 30.3 Å². The van der Waals surface area contributed by atoms with Crippen molar-refractivity contribution in [2.75, 3.05) is 19.8 Å². The zero-order chi connectivity index (χ0) is 13.9. The van der Waals surface area contributed by atoms with Crippen molar-refractivity contribution in [3.63, 3.8) is 0 Å². The Bertz CT molecular complexity index is 421. The Hall–Kier alpha value is -0.550. The third kappa shape index (κ3) is 3.03. The predicted octanol–water partition coefficient (Wildman–Crippen LogP) is 2.93. The van der Waals surface area contributed by atoms with E-state index < -0.39 is 0 Å². The number of hydrogen-bond acceptors (Lipinski definition) is 4. The fourth-order valence-electron chi connectivity index (χ4n) is 3.09. The second kappa shape index (κ2) is 6.06. The average molecular weight is 293 g/mol. The van der Waals surface area contributed by atoms with E-state index in [1.165, 1.54) is 5.56 Å². The van der Waals surface area contributed by atoms with Crippen LogP contribution in [0.3, 0.4) is 0 Å². The van der Waals surface area contributed by atoms with E-state index in [1.807, 2.05) is 11.8 Å². The zero-order valence-corrected chi connectivity index (χ0v) is 12.7. The molecule has 1 spiro atoms. The Morgan fingerprint density at radius 1 is 1.00 bits per heavy atom. The van der Waals surface area contributed by atoms with Crippen molar-refractivity contribution >= 4 is 11.8 Å². The van der Waals surface area contributed by atoms with Gasteiger partial charge in [0, 0.05) is 29.9 Å². The van der Waals surface area contributed by atoms with Gasteiger partial charge in [-0.05, 0) is 18.4 Å². The van der Waals surface area contributed by atoms with Crippen molar-refractivity contribution in [3.05, 3.63) is 35.9 Å². The number of nitrogens with two attached hydrogens (primary N) is 1. The van der Waals surface area contributed by atoms with Crippen LogP contribution in [0.4, 0.5) is 0 Å². The van der Waals surface area contributed by atoms with E-state index in [4.69, 9.17) is 15.2 Å². The van der Waals surface area contributed by atoms with E-state index >= 15 is 0 Å². The van der Waals surface area contributed by atoms with Crippen LogP contribution in [0, 0.1) is 0 Å². The van der Waals surface area contributed by atoms with Crippen LogP contribution < -0.4 is 5.73 Å². The summed E-state index contributed by atoms with van der Waals surface area (Å²) in [6, 6.07) is 10.6. The molecule has 0 radical (unpaired) electrons. The maximum absolute atomic E-state index is 6.09. The summed E-state index contributed by atoms with van der Waals surface area (Å²) in [6.45, 7) is 2.22. The molecular formula is C16H23NO2S. The quantitative estimate of drug-likeness (QED) is 0.927. The molecule has 2 N–H and O–H groups in total. The van der Waals surface area contributed by atoms with Crippen LogP contribution in [0.2, 0.25) is 0 Å². The van der Waals surface area contributed by atoms with Crippen LogP contribution in [0.15, 0.2) is 30.3 Å². The van der Waals surface area contributed by atoms with E-state index in [-0.39, 0.29) is 10.5 Å². The van der Waals surface area contributed by atoms with Crippen molar-refractivity contribution in [3.8, 4) is 0 Å². The molecule has 4 heteroatoms. The highest BCUT2D eigenvalue weighted by molar-refractivity contribution is 7.99. The molecule has 110 valence electrons. The standard InChI is InChI=1S/C16H23NO2S/c17-13-15(20-12-14-4-2-1-3-5-14)6-8-16(9-7-15)18-10-11-19-16/h1-5H,6-13,17H2. The first kappa shape index (κ1) is 14.4. The van der Waals surface area contributed by atoms with Crippen molar-refractivity contribution in [2.24, 2.45) is 5.73 Å². The van der Waals surface area contributed by atoms with Gasteiger partial charge in [-0.25, -0.2) is 0 Å². The zero-order valence-electron chi connectivity index (χ0n) is 11.8. The molecule has 20 heavy (non-hydrogen) atoms. The summed E-state index contributed by atoms with van der Waals surface area (Å²) in [7, 11) is 0. The maximum Gasteiger partial charge on any atom is 0.168 e. The molecule has 1 heterocycles. The monoisotopic (exact) mass is 293 g/mol. The van der Waals surface area contributed by atoms with Gasteiger partial charge >= 0.3 is 0 Å². The highest BCUT2D eigenvalue weighted by atomic mass is 32.2. The fraction of sp³-hybridized carbons (Fsp3) is 0.625. The fourth-order valence-corrected chi connectivity index (χ4v) is 4.37. The molecule has 3 rings (SSSR count). The molecule has 0 amide bonds. The van der Waals surface area contributed by atoms with E-state index in [1.54, 1.807) is 0 Å². The molecule has 1 aromatic carbocycles. The van der Waals surface area contributed by atoms with E-state index in [0.29, 0.717) is 0 Å². The van der Waals surface area contributed by atoms with Crippen LogP contribution in [-0.2, 0) is 15.2 Å². The number of thioether (sulfide) groups is 1. The van der Waals surface area contributed by atoms with Gasteiger partial charge in [0.05, 0.1) is 13.2 Å². The van der Waals surface area contributed by atoms with Crippen molar-refractivity contribution in [1.29, 1.82) is 0 Å². The summed E-state index contributed by atoms with van der Waals surface area (Å²) in [4.78, 5) is 0. The van der Waals surface area contributed by atoms with E-state index in [0.717, 1.165) is 51.2 Å². The highest BCUT2D eigenvalue weighted by Crippen LogP contribution is 2.46. The van der Waals surface area contributed by atoms with Gasteiger partial charge < -0.3 is 15.2 Å². The average Bonchev–Trinajstić information content (AvgIpc) is 2.97. The van der Waals surface area contributed by atoms with Crippen LogP contribution in [0.5, 0.6) is 0 Å². The van der Waals surface area contributed by atoms with E-state index in [9.17, 15) is 0 Å². The summed E-state index contributed by atoms with van der Waals surface area (Å²) >= 11 is 2.00. The Balaban J connectivity index is 1.59. The lowest BCUT2D eigenvalue weighted by molar-refractivity contribution is -0.179. The molecule has 1 aliphatic carbocycles. The van der Waals surface area contributed by atoms with Gasteiger partial charge in [-0.2, -0.15) is 0 Å². The molecule has 1 aromatic rings. The lowest BCUT2D eigenvalue weighted by atomic mass is 9.84. The topological polar surface area (TPSA) is 44.5 Å². The van der Waals surface area contributed by atoms with Crippen LogP contribution >= 0.6 is 11.8 Å². The molecule has 1 aliphatic heterocycles. The molecule has 0 bridgehead atoms. The van der Waals surface area contributed by atoms with E-state index in [2.05, 4.69) is 30.3 Å². The minimum atomic E-state index is -0.286. The van der Waals surface area contributed by atoms with Crippen molar-refractivity contribution in [2.45, 2.75) is 42.0 Å². The Morgan fingerprint density at radius 2 is 1.65 bits per heavy atom. The molecule has 1 saturated carbocycles. The minimum absolute atomic E-state index is 0.191. The first-order valence-electron chi connectivity index (χ1n) is 7.42. The highest BCUT2D eigenvalue weighted by Gasteiger charge is 2.45. The van der Waals surface area contributed by atoms with Gasteiger partial charge in [0.1, 0.15) is 0 Å². The molecule has 2 aliphatic rings. The molecule has 1 saturated heterocycles. The number of hydrogen-bond donors (Lipinski definition) is 1. The van der Waals surface area contributed by atoms with Crippen LogP contribution in [0.25, 0.3) is 0 Å². The lowest BCUT2D eigenvalue weighted by Gasteiger charge is -2.42. The summed E-state index contributed by atoms with van der Waals surface area (Å²) in [5, 5.41) is 0. The second-order valence-electron chi connectivity index (χ2n) is 5.77. The first-order chi connectivity index (χ1) is 9.76. The summed E-state index contributed by atoms with van der Waals surface area (Å²) in [5.74, 6) is 0.749. The first-order valence-corrected chi connectivity index (χ1v) is 8.40. The molecule has 2 fully saturated rings. The Kier molecular flexibility index (Phi) is 4.36. The van der Waals surface area contributed by atoms with Crippen LogP contribution in [-0.4, -0.2) is 30.3 Å². The third-order valence-corrected chi connectivity index (χ3v) is 6.16. The minimum Gasteiger partial charge on any atom is -0.348 e. The molecular weight excluding hydrogens is 270 g/mol. The summed E-state index contributed by atoms with van der Waals surface area (Å²) < 4.78 is 11.8. The maximum atomic E-state index is 6.09.